The van der Waals surface area contributed by atoms with E-state index >= 15 is 0 Å². The Morgan fingerprint density at radius 3 is 2.67 bits per heavy atom. The highest BCUT2D eigenvalue weighted by atomic mass is 16.5. The second-order valence-electron chi connectivity index (χ2n) is 5.79. The molecule has 18 heavy (non-hydrogen) atoms. The lowest BCUT2D eigenvalue weighted by molar-refractivity contribution is 0.0198. The fraction of sp³-hybridized carbons (Fsp3) is 1.00. The average Bonchev–Trinajstić information content (AvgIpc) is 2.37. The van der Waals surface area contributed by atoms with Crippen LogP contribution in [0.25, 0.3) is 0 Å². The molecule has 3 heteroatoms. The average molecular weight is 257 g/mol. The van der Waals surface area contributed by atoms with Crippen molar-refractivity contribution in [2.75, 3.05) is 39.5 Å². The van der Waals surface area contributed by atoms with E-state index in [1.165, 1.54) is 32.1 Å². The highest BCUT2D eigenvalue weighted by Crippen LogP contribution is 2.14. The lowest BCUT2D eigenvalue weighted by atomic mass is 10.0. The summed E-state index contributed by atoms with van der Waals surface area (Å²) in [4.78, 5) is 0. The second-order valence-corrected chi connectivity index (χ2v) is 5.79. The Hall–Kier alpha value is -0.120. The van der Waals surface area contributed by atoms with Crippen molar-refractivity contribution in [1.82, 2.24) is 5.32 Å². The van der Waals surface area contributed by atoms with Crippen molar-refractivity contribution in [2.24, 2.45) is 11.8 Å². The molecular weight excluding hydrogens is 226 g/mol. The summed E-state index contributed by atoms with van der Waals surface area (Å²) in [5, 5.41) is 3.47. The van der Waals surface area contributed by atoms with Crippen LogP contribution in [0, 0.1) is 11.8 Å². The Morgan fingerprint density at radius 2 is 1.94 bits per heavy atom. The van der Waals surface area contributed by atoms with Crippen molar-refractivity contribution < 1.29 is 9.47 Å². The molecule has 0 bridgehead atoms. The third-order valence-electron chi connectivity index (χ3n) is 3.39. The third kappa shape index (κ3) is 8.90. The number of hydrogen-bond donors (Lipinski definition) is 1. The van der Waals surface area contributed by atoms with Crippen LogP contribution in [0.4, 0.5) is 0 Å². The van der Waals surface area contributed by atoms with Gasteiger partial charge in [0.2, 0.25) is 0 Å². The van der Waals surface area contributed by atoms with E-state index in [0.717, 1.165) is 51.4 Å². The van der Waals surface area contributed by atoms with Crippen LogP contribution < -0.4 is 5.32 Å². The van der Waals surface area contributed by atoms with E-state index in [4.69, 9.17) is 9.47 Å². The minimum absolute atomic E-state index is 0.742. The van der Waals surface area contributed by atoms with Gasteiger partial charge in [0, 0.05) is 26.4 Å². The quantitative estimate of drug-likeness (QED) is 0.610. The van der Waals surface area contributed by atoms with Gasteiger partial charge in [-0.15, -0.1) is 0 Å². The Balaban J connectivity index is 1.75. The Bertz CT molecular complexity index is 179. The number of ether oxygens (including phenoxy) is 2. The maximum Gasteiger partial charge on any atom is 0.0495 e. The molecule has 1 aliphatic rings. The summed E-state index contributed by atoms with van der Waals surface area (Å²) in [7, 11) is 0. The summed E-state index contributed by atoms with van der Waals surface area (Å²) in [6.07, 6.45) is 6.11. The molecule has 0 aromatic rings. The molecule has 0 aromatic heterocycles. The second kappa shape index (κ2) is 10.8. The van der Waals surface area contributed by atoms with E-state index < -0.39 is 0 Å². The Kier molecular flexibility index (Phi) is 9.54. The van der Waals surface area contributed by atoms with Gasteiger partial charge in [-0.1, -0.05) is 13.8 Å². The Morgan fingerprint density at radius 1 is 1.17 bits per heavy atom. The summed E-state index contributed by atoms with van der Waals surface area (Å²) in [5.74, 6) is 1.50. The van der Waals surface area contributed by atoms with E-state index in [0.29, 0.717) is 0 Å². The number of nitrogens with one attached hydrogen (secondary N) is 1. The first kappa shape index (κ1) is 15.9. The summed E-state index contributed by atoms with van der Waals surface area (Å²) in [6.45, 7) is 10.5. The van der Waals surface area contributed by atoms with Gasteiger partial charge < -0.3 is 14.8 Å². The zero-order chi connectivity index (χ0) is 13.1. The highest BCUT2D eigenvalue weighted by molar-refractivity contribution is 4.62. The molecule has 1 heterocycles. The van der Waals surface area contributed by atoms with Crippen LogP contribution in [0.15, 0.2) is 0 Å². The first-order valence-corrected chi connectivity index (χ1v) is 7.65. The molecule has 1 saturated heterocycles. The Labute approximate surface area is 113 Å². The molecular formula is C15H31NO2. The number of hydrogen-bond acceptors (Lipinski definition) is 3. The summed E-state index contributed by atoms with van der Waals surface area (Å²) < 4.78 is 11.1. The van der Waals surface area contributed by atoms with Gasteiger partial charge in [0.05, 0.1) is 0 Å². The van der Waals surface area contributed by atoms with Gasteiger partial charge in [0.1, 0.15) is 0 Å². The summed E-state index contributed by atoms with van der Waals surface area (Å²) in [5.41, 5.74) is 0. The van der Waals surface area contributed by atoms with E-state index in [1.54, 1.807) is 0 Å². The van der Waals surface area contributed by atoms with Crippen LogP contribution in [0.3, 0.4) is 0 Å². The molecule has 1 N–H and O–H groups in total. The standard InChI is InChI=1S/C15H31NO2/c1-14(2)12-16-8-4-3-5-9-18-13-15-6-10-17-11-7-15/h14-16H,3-13H2,1-2H3. The normalized spacial score (nSPS) is 17.5. The molecule has 3 nitrogen and oxygen atoms in total. The van der Waals surface area contributed by atoms with Gasteiger partial charge in [-0.05, 0) is 57.0 Å². The van der Waals surface area contributed by atoms with Crippen molar-refractivity contribution in [3.8, 4) is 0 Å². The van der Waals surface area contributed by atoms with E-state index in [2.05, 4.69) is 19.2 Å². The van der Waals surface area contributed by atoms with Crippen LogP contribution in [0.2, 0.25) is 0 Å². The van der Waals surface area contributed by atoms with E-state index in [9.17, 15) is 0 Å². The number of rotatable bonds is 10. The molecule has 0 spiro atoms. The molecule has 1 fully saturated rings. The maximum absolute atomic E-state index is 5.74. The lowest BCUT2D eigenvalue weighted by Gasteiger charge is -2.21. The minimum atomic E-state index is 0.742. The molecule has 1 rings (SSSR count). The molecule has 0 atom stereocenters. The molecule has 1 aliphatic heterocycles. The van der Waals surface area contributed by atoms with Crippen molar-refractivity contribution in [1.29, 1.82) is 0 Å². The highest BCUT2D eigenvalue weighted by Gasteiger charge is 2.13. The topological polar surface area (TPSA) is 30.5 Å². The predicted octanol–water partition coefficient (Wildman–Crippen LogP) is 2.85. The number of unbranched alkanes of at least 4 members (excludes halogenated alkanes) is 2. The fourth-order valence-corrected chi connectivity index (χ4v) is 2.18. The summed E-state index contributed by atoms with van der Waals surface area (Å²) in [6, 6.07) is 0. The molecule has 0 aromatic carbocycles. The molecule has 0 aliphatic carbocycles. The first-order valence-electron chi connectivity index (χ1n) is 7.65. The maximum atomic E-state index is 5.74. The zero-order valence-corrected chi connectivity index (χ0v) is 12.2. The SMILES string of the molecule is CC(C)CNCCCCCOCC1CCOCC1. The van der Waals surface area contributed by atoms with Crippen LogP contribution in [0.1, 0.15) is 46.0 Å². The van der Waals surface area contributed by atoms with Gasteiger partial charge in [-0.2, -0.15) is 0 Å². The van der Waals surface area contributed by atoms with Gasteiger partial charge in [0.25, 0.3) is 0 Å². The van der Waals surface area contributed by atoms with Crippen molar-refractivity contribution in [3.63, 3.8) is 0 Å². The van der Waals surface area contributed by atoms with Gasteiger partial charge in [0.15, 0.2) is 0 Å². The molecule has 0 radical (unpaired) electrons. The predicted molar refractivity (Wildman–Crippen MR) is 75.9 cm³/mol. The molecule has 108 valence electrons. The monoisotopic (exact) mass is 257 g/mol. The fourth-order valence-electron chi connectivity index (χ4n) is 2.18. The third-order valence-corrected chi connectivity index (χ3v) is 3.39. The smallest absolute Gasteiger partial charge is 0.0495 e. The van der Waals surface area contributed by atoms with Crippen molar-refractivity contribution >= 4 is 0 Å². The molecule has 0 saturated carbocycles. The van der Waals surface area contributed by atoms with Crippen LogP contribution in [-0.4, -0.2) is 39.5 Å². The van der Waals surface area contributed by atoms with Crippen molar-refractivity contribution in [2.45, 2.75) is 46.0 Å². The van der Waals surface area contributed by atoms with E-state index in [-0.39, 0.29) is 0 Å². The van der Waals surface area contributed by atoms with Gasteiger partial charge in [-0.25, -0.2) is 0 Å². The lowest BCUT2D eigenvalue weighted by Crippen LogP contribution is -2.21. The molecule has 0 unspecified atom stereocenters. The van der Waals surface area contributed by atoms with Crippen molar-refractivity contribution in [3.05, 3.63) is 0 Å². The van der Waals surface area contributed by atoms with Gasteiger partial charge in [-0.3, -0.25) is 0 Å². The van der Waals surface area contributed by atoms with Crippen LogP contribution in [0.5, 0.6) is 0 Å². The zero-order valence-electron chi connectivity index (χ0n) is 12.2. The van der Waals surface area contributed by atoms with Gasteiger partial charge >= 0.3 is 0 Å². The van der Waals surface area contributed by atoms with Crippen LogP contribution >= 0.6 is 0 Å². The van der Waals surface area contributed by atoms with Crippen LogP contribution in [-0.2, 0) is 9.47 Å². The summed E-state index contributed by atoms with van der Waals surface area (Å²) >= 11 is 0. The van der Waals surface area contributed by atoms with E-state index in [1.807, 2.05) is 0 Å². The molecule has 0 amide bonds. The largest absolute Gasteiger partial charge is 0.381 e. The minimum Gasteiger partial charge on any atom is -0.381 e. The first-order chi connectivity index (χ1) is 8.79.